The summed E-state index contributed by atoms with van der Waals surface area (Å²) in [6.45, 7) is 0. The molecule has 0 radical (unpaired) electrons. The number of methoxy groups -OCH3 is 1. The molecule has 0 spiro atoms. The summed E-state index contributed by atoms with van der Waals surface area (Å²) in [5.74, 6) is 0.0276. The number of amides is 1. The second kappa shape index (κ2) is 11.0. The van der Waals surface area contributed by atoms with E-state index < -0.39 is 22.4 Å². The summed E-state index contributed by atoms with van der Waals surface area (Å²) >= 11 is 13.2. The molecule has 0 saturated carbocycles. The zero-order valence-electron chi connectivity index (χ0n) is 18.9. The third kappa shape index (κ3) is 5.87. The largest absolute Gasteiger partial charge is 0.497 e. The Kier molecular flexibility index (Phi) is 8.16. The van der Waals surface area contributed by atoms with Crippen molar-refractivity contribution in [3.05, 3.63) is 89.7 Å². The van der Waals surface area contributed by atoms with Crippen LogP contribution in [0.15, 0.2) is 68.4 Å². The van der Waals surface area contributed by atoms with Crippen molar-refractivity contribution in [1.29, 1.82) is 0 Å². The highest BCUT2D eigenvalue weighted by atomic mass is 79.9. The Morgan fingerprint density at radius 3 is 2.26 bits per heavy atom. The Labute approximate surface area is 240 Å². The average Bonchev–Trinajstić information content (AvgIpc) is 3.13. The molecular weight excluding hydrogens is 677 g/mol. The molecule has 1 amide bonds. The van der Waals surface area contributed by atoms with Gasteiger partial charge in [0.1, 0.15) is 5.75 Å². The molecule has 0 aromatic heterocycles. The van der Waals surface area contributed by atoms with E-state index in [1.807, 2.05) is 0 Å². The van der Waals surface area contributed by atoms with E-state index in [2.05, 4.69) is 31.9 Å². The van der Waals surface area contributed by atoms with Gasteiger partial charge in [0.2, 0.25) is 5.75 Å². The van der Waals surface area contributed by atoms with Gasteiger partial charge in [-0.05, 0) is 92.0 Å². The van der Waals surface area contributed by atoms with Crippen LogP contribution < -0.4 is 14.4 Å². The summed E-state index contributed by atoms with van der Waals surface area (Å²) in [6.07, 6.45) is -3.14. The predicted molar refractivity (Wildman–Crippen MR) is 149 cm³/mol. The maximum atomic E-state index is 13.1. The lowest BCUT2D eigenvalue weighted by molar-refractivity contribution is -0.385. The first-order valence-corrected chi connectivity index (χ1v) is 13.1. The number of hydrogen-bond acceptors (Lipinski definition) is 7. The third-order valence-electron chi connectivity index (χ3n) is 5.14. The number of thiocarbonyl (C=S) groups is 1. The zero-order chi connectivity index (χ0) is 27.8. The van der Waals surface area contributed by atoms with Crippen molar-refractivity contribution in [3.8, 4) is 17.2 Å². The third-order valence-corrected chi connectivity index (χ3v) is 7.62. The maximum Gasteiger partial charge on any atom is 0.416 e. The Hall–Kier alpha value is -2.94. The van der Waals surface area contributed by atoms with E-state index in [9.17, 15) is 28.1 Å². The molecule has 0 bridgehead atoms. The summed E-state index contributed by atoms with van der Waals surface area (Å²) < 4.78 is 50.8. The van der Waals surface area contributed by atoms with Crippen LogP contribution in [0.2, 0.25) is 0 Å². The first-order valence-electron chi connectivity index (χ1n) is 10.3. The second-order valence-corrected chi connectivity index (χ2v) is 11.0. The minimum Gasteiger partial charge on any atom is -0.497 e. The van der Waals surface area contributed by atoms with Gasteiger partial charge in [-0.15, -0.1) is 0 Å². The standard InChI is InChI=1S/C24H13Br2F3N2O5S2/c1-35-15-5-3-14(4-6-15)30-22(32)20(38-23(30)37)10-12-8-16(25)21(17(26)9-12)36-19-7-2-13(24(27,28)29)11-18(19)31(33)34/h2-11H,1H3/b20-10+. The van der Waals surface area contributed by atoms with Gasteiger partial charge in [0.25, 0.3) is 5.91 Å². The molecule has 3 aromatic carbocycles. The van der Waals surface area contributed by atoms with Gasteiger partial charge in [0, 0.05) is 6.07 Å². The van der Waals surface area contributed by atoms with Crippen LogP contribution in [0.1, 0.15) is 11.1 Å². The monoisotopic (exact) mass is 688 g/mol. The number of nitro groups is 1. The van der Waals surface area contributed by atoms with Crippen LogP contribution in [0.4, 0.5) is 24.5 Å². The minimum atomic E-state index is -4.75. The van der Waals surface area contributed by atoms with Gasteiger partial charge in [-0.25, -0.2) is 0 Å². The van der Waals surface area contributed by atoms with Crippen LogP contribution in [-0.4, -0.2) is 22.3 Å². The molecule has 3 aromatic rings. The predicted octanol–water partition coefficient (Wildman–Crippen LogP) is 8.35. The number of halogens is 5. The summed E-state index contributed by atoms with van der Waals surface area (Å²) in [6, 6.07) is 12.0. The summed E-state index contributed by atoms with van der Waals surface area (Å²) in [5.41, 5.74) is -0.865. The number of nitro benzene ring substituents is 1. The average molecular weight is 690 g/mol. The van der Waals surface area contributed by atoms with E-state index in [-0.39, 0.29) is 17.4 Å². The fourth-order valence-electron chi connectivity index (χ4n) is 3.37. The molecule has 1 aliphatic rings. The van der Waals surface area contributed by atoms with Crippen LogP contribution in [0.25, 0.3) is 6.08 Å². The quantitative estimate of drug-likeness (QED) is 0.111. The van der Waals surface area contributed by atoms with Crippen molar-refractivity contribution in [3.63, 3.8) is 0 Å². The molecule has 1 saturated heterocycles. The van der Waals surface area contributed by atoms with Crippen molar-refractivity contribution < 1.29 is 32.4 Å². The van der Waals surface area contributed by atoms with E-state index in [4.69, 9.17) is 21.7 Å². The lowest BCUT2D eigenvalue weighted by Crippen LogP contribution is -2.27. The van der Waals surface area contributed by atoms with Crippen LogP contribution in [0.5, 0.6) is 17.2 Å². The molecule has 38 heavy (non-hydrogen) atoms. The molecule has 7 nitrogen and oxygen atoms in total. The number of hydrogen-bond donors (Lipinski definition) is 0. The first-order chi connectivity index (χ1) is 17.9. The minimum absolute atomic E-state index is 0.0933. The number of rotatable bonds is 6. The number of anilines is 1. The number of benzene rings is 3. The fraction of sp³-hybridized carbons (Fsp3) is 0.0833. The van der Waals surface area contributed by atoms with Gasteiger partial charge in [0.05, 0.1) is 37.1 Å². The molecular formula is C24H13Br2F3N2O5S2. The highest BCUT2D eigenvalue weighted by molar-refractivity contribution is 9.11. The van der Waals surface area contributed by atoms with Crippen molar-refractivity contribution in [1.82, 2.24) is 0 Å². The van der Waals surface area contributed by atoms with Gasteiger partial charge in [0.15, 0.2) is 10.1 Å². The topological polar surface area (TPSA) is 81.9 Å². The van der Waals surface area contributed by atoms with Crippen molar-refractivity contribution >= 4 is 83.5 Å². The molecule has 4 rings (SSSR count). The number of carbonyl (C=O) groups excluding carboxylic acids is 1. The van der Waals surface area contributed by atoms with E-state index in [0.29, 0.717) is 47.3 Å². The Morgan fingerprint density at radius 2 is 1.71 bits per heavy atom. The van der Waals surface area contributed by atoms with Gasteiger partial charge in [-0.3, -0.25) is 19.8 Å². The van der Waals surface area contributed by atoms with Crippen molar-refractivity contribution in [2.45, 2.75) is 6.18 Å². The normalized spacial score (nSPS) is 14.8. The summed E-state index contributed by atoms with van der Waals surface area (Å²) in [7, 11) is 1.54. The maximum absolute atomic E-state index is 13.1. The van der Waals surface area contributed by atoms with Crippen molar-refractivity contribution in [2.24, 2.45) is 0 Å². The van der Waals surface area contributed by atoms with E-state index >= 15 is 0 Å². The highest BCUT2D eigenvalue weighted by Gasteiger charge is 2.35. The lowest BCUT2D eigenvalue weighted by Gasteiger charge is -2.14. The molecule has 14 heteroatoms. The SMILES string of the molecule is COc1ccc(N2C(=O)/C(=C\c3cc(Br)c(Oc4ccc(C(F)(F)F)cc4[N+](=O)[O-])c(Br)c3)SC2=S)cc1. The van der Waals surface area contributed by atoms with E-state index in [0.717, 1.165) is 17.8 Å². The smallest absolute Gasteiger partial charge is 0.416 e. The molecule has 0 unspecified atom stereocenters. The Balaban J connectivity index is 1.62. The number of ether oxygens (including phenoxy) is 2. The van der Waals surface area contributed by atoms with Gasteiger partial charge in [-0.1, -0.05) is 24.0 Å². The zero-order valence-corrected chi connectivity index (χ0v) is 23.7. The fourth-order valence-corrected chi connectivity index (χ4v) is 6.05. The molecule has 196 valence electrons. The van der Waals surface area contributed by atoms with Gasteiger partial charge in [-0.2, -0.15) is 13.2 Å². The lowest BCUT2D eigenvalue weighted by atomic mass is 10.1. The molecule has 1 fully saturated rings. The second-order valence-electron chi connectivity index (χ2n) is 7.57. The number of nitrogens with zero attached hydrogens (tertiary/aromatic N) is 2. The molecule has 0 aliphatic carbocycles. The van der Waals surface area contributed by atoms with Crippen molar-refractivity contribution in [2.75, 3.05) is 12.0 Å². The van der Waals surface area contributed by atoms with Crippen LogP contribution >= 0.6 is 55.8 Å². The first kappa shape index (κ1) is 28.1. The number of carbonyl (C=O) groups is 1. The molecule has 1 aliphatic heterocycles. The van der Waals surface area contributed by atoms with Crippen LogP contribution in [-0.2, 0) is 11.0 Å². The Morgan fingerprint density at radius 1 is 1.08 bits per heavy atom. The number of thioether (sulfide) groups is 1. The molecule has 0 atom stereocenters. The van der Waals surface area contributed by atoms with E-state index in [1.54, 1.807) is 42.5 Å². The van der Waals surface area contributed by atoms with Gasteiger partial charge >= 0.3 is 11.9 Å². The highest BCUT2D eigenvalue weighted by Crippen LogP contribution is 2.43. The van der Waals surface area contributed by atoms with E-state index in [1.165, 1.54) is 12.0 Å². The molecule has 1 heterocycles. The Bertz CT molecular complexity index is 1470. The molecule has 0 N–H and O–H groups in total. The van der Waals surface area contributed by atoms with Crippen LogP contribution in [0, 0.1) is 10.1 Å². The number of alkyl halides is 3. The summed E-state index contributed by atoms with van der Waals surface area (Å²) in [4.78, 5) is 25.3. The summed E-state index contributed by atoms with van der Waals surface area (Å²) in [5, 5.41) is 11.4. The van der Waals surface area contributed by atoms with Gasteiger partial charge < -0.3 is 9.47 Å². The van der Waals surface area contributed by atoms with Crippen LogP contribution in [0.3, 0.4) is 0 Å².